The van der Waals surface area contributed by atoms with Crippen LogP contribution in [-0.4, -0.2) is 44.9 Å². The number of nitrogens with zero attached hydrogens (tertiary/aromatic N) is 2. The van der Waals surface area contributed by atoms with Gasteiger partial charge in [-0.2, -0.15) is 0 Å². The fraction of sp³-hybridized carbons (Fsp3) is 0.273. The van der Waals surface area contributed by atoms with Crippen LogP contribution in [0, 0.1) is 11.6 Å². The first-order chi connectivity index (χ1) is 28.0. The Labute approximate surface area is 361 Å². The third-order valence-electron chi connectivity index (χ3n) is 8.00. The third-order valence-corrected chi connectivity index (χ3v) is 8.71. The Morgan fingerprint density at radius 1 is 0.617 bits per heavy atom. The van der Waals surface area contributed by atoms with Gasteiger partial charge in [0.25, 0.3) is 11.8 Å². The maximum absolute atomic E-state index is 14.0. The second kappa shape index (κ2) is 20.1. The van der Waals surface area contributed by atoms with Gasteiger partial charge in [0.15, 0.2) is 11.6 Å². The van der Waals surface area contributed by atoms with Gasteiger partial charge in [0.1, 0.15) is 27.7 Å². The second-order valence-corrected chi connectivity index (χ2v) is 16.5. The van der Waals surface area contributed by atoms with Crippen molar-refractivity contribution in [3.63, 3.8) is 0 Å². The molecule has 0 spiro atoms. The van der Waals surface area contributed by atoms with Crippen LogP contribution in [0.4, 0.5) is 8.78 Å². The highest BCUT2D eigenvalue weighted by Gasteiger charge is 2.22. The van der Waals surface area contributed by atoms with Crippen LogP contribution in [0.5, 0.6) is 11.6 Å². The molecule has 2 atom stereocenters. The van der Waals surface area contributed by atoms with Crippen LogP contribution in [0.1, 0.15) is 120 Å². The minimum Gasteiger partial charge on any atom is -0.456 e. The van der Waals surface area contributed by atoms with Crippen molar-refractivity contribution in [1.82, 2.24) is 20.6 Å². The highest BCUT2D eigenvalue weighted by Crippen LogP contribution is 2.29. The van der Waals surface area contributed by atoms with E-state index in [0.29, 0.717) is 22.2 Å². The number of amides is 2. The zero-order chi connectivity index (χ0) is 44.5. The third kappa shape index (κ3) is 14.0. The molecule has 0 radical (unpaired) electrons. The molecule has 2 amide bonds. The predicted molar refractivity (Wildman–Crippen MR) is 225 cm³/mol. The number of rotatable bonds is 10. The lowest BCUT2D eigenvalue weighted by Gasteiger charge is -2.20. The summed E-state index contributed by atoms with van der Waals surface area (Å²) in [5, 5.41) is 6.20. The summed E-state index contributed by atoms with van der Waals surface area (Å²) in [4.78, 5) is 57.4. The van der Waals surface area contributed by atoms with Gasteiger partial charge in [-0.3, -0.25) is 9.59 Å². The van der Waals surface area contributed by atoms with E-state index in [2.05, 4.69) is 20.6 Å². The molecular formula is C44H43Cl3F2N4O7. The maximum atomic E-state index is 14.0. The highest BCUT2D eigenvalue weighted by molar-refractivity contribution is 6.34. The minimum absolute atomic E-state index is 0.0338. The summed E-state index contributed by atoms with van der Waals surface area (Å²) in [6, 6.07) is 18.3. The first-order valence-corrected chi connectivity index (χ1v) is 19.5. The Balaban J connectivity index is 0.000000275. The monoisotopic (exact) mass is 882 g/mol. The standard InChI is InChI=1S/C25H23ClF2N2O4.C19H20Cl2N2O3/c1-14(15-5-7-16(8-6-15)24(32)34-25(2,3)4)30-22(31)19-11-17(26)13-29-23(19)33-21-10-9-18(27)12-20(21)28;1-11(23-17(24)15-9-14(20)10-22-16(15)21)12-5-7-13(8-6-12)18(25)26-19(2,3)4/h5-14H,1-4H3,(H,30,31);5-11H,1-4H3,(H,23,24)/t14-;11-/m00/s1. The zero-order valence-corrected chi connectivity index (χ0v) is 36.2. The average Bonchev–Trinajstić information content (AvgIpc) is 3.16. The van der Waals surface area contributed by atoms with Crippen molar-refractivity contribution in [2.24, 2.45) is 0 Å². The van der Waals surface area contributed by atoms with E-state index < -0.39 is 46.7 Å². The zero-order valence-electron chi connectivity index (χ0n) is 34.0. The molecule has 0 aliphatic heterocycles. The van der Waals surface area contributed by atoms with E-state index in [9.17, 15) is 28.0 Å². The van der Waals surface area contributed by atoms with E-state index in [4.69, 9.17) is 49.0 Å². The summed E-state index contributed by atoms with van der Waals surface area (Å²) in [6.07, 6.45) is 2.62. The Morgan fingerprint density at radius 3 is 1.50 bits per heavy atom. The average molecular weight is 884 g/mol. The first kappa shape index (κ1) is 47.1. The quantitative estimate of drug-likeness (QED) is 0.103. The van der Waals surface area contributed by atoms with E-state index in [1.54, 1.807) is 76.2 Å². The van der Waals surface area contributed by atoms with Gasteiger partial charge < -0.3 is 24.8 Å². The highest BCUT2D eigenvalue weighted by atomic mass is 35.5. The van der Waals surface area contributed by atoms with Crippen molar-refractivity contribution < 1.29 is 42.2 Å². The van der Waals surface area contributed by atoms with Gasteiger partial charge >= 0.3 is 11.9 Å². The lowest BCUT2D eigenvalue weighted by atomic mass is 10.1. The molecule has 2 heterocycles. The van der Waals surface area contributed by atoms with E-state index >= 15 is 0 Å². The molecule has 0 unspecified atom stereocenters. The molecular weight excluding hydrogens is 841 g/mol. The summed E-state index contributed by atoms with van der Waals surface area (Å²) >= 11 is 17.8. The molecule has 0 bridgehead atoms. The number of hydrogen-bond donors (Lipinski definition) is 2. The summed E-state index contributed by atoms with van der Waals surface area (Å²) in [5.74, 6) is -3.99. The van der Waals surface area contributed by atoms with Crippen LogP contribution >= 0.6 is 34.8 Å². The molecule has 0 saturated carbocycles. The van der Waals surface area contributed by atoms with Crippen LogP contribution < -0.4 is 15.4 Å². The molecule has 2 N–H and O–H groups in total. The Hall–Kier alpha value is -5.63. The molecule has 5 aromatic rings. The van der Waals surface area contributed by atoms with Gasteiger partial charge in [0.05, 0.1) is 38.8 Å². The maximum Gasteiger partial charge on any atom is 0.338 e. The number of hydrogen-bond acceptors (Lipinski definition) is 9. The van der Waals surface area contributed by atoms with Gasteiger partial charge in [-0.1, -0.05) is 59.1 Å². The second-order valence-electron chi connectivity index (χ2n) is 15.3. The number of halogens is 5. The lowest BCUT2D eigenvalue weighted by Crippen LogP contribution is -2.27. The molecule has 316 valence electrons. The van der Waals surface area contributed by atoms with Gasteiger partial charge in [-0.15, -0.1) is 0 Å². The van der Waals surface area contributed by atoms with Crippen LogP contribution in [0.15, 0.2) is 91.3 Å². The molecule has 0 saturated heterocycles. The first-order valence-electron chi connectivity index (χ1n) is 18.4. The molecule has 0 fully saturated rings. The van der Waals surface area contributed by atoms with E-state index in [0.717, 1.165) is 23.3 Å². The Morgan fingerprint density at radius 2 is 1.05 bits per heavy atom. The fourth-order valence-electron chi connectivity index (χ4n) is 5.12. The largest absolute Gasteiger partial charge is 0.456 e. The summed E-state index contributed by atoms with van der Waals surface area (Å²) in [7, 11) is 0. The lowest BCUT2D eigenvalue weighted by molar-refractivity contribution is 0.00570. The molecule has 11 nitrogen and oxygen atoms in total. The smallest absolute Gasteiger partial charge is 0.338 e. The van der Waals surface area contributed by atoms with Crippen molar-refractivity contribution in [3.8, 4) is 11.6 Å². The van der Waals surface area contributed by atoms with Crippen LogP contribution in [0.25, 0.3) is 0 Å². The Kier molecular flexibility index (Phi) is 15.8. The summed E-state index contributed by atoms with van der Waals surface area (Å²) in [5.41, 5.74) is 1.39. The molecule has 5 rings (SSSR count). The number of nitrogens with one attached hydrogen (secondary N) is 2. The predicted octanol–water partition coefficient (Wildman–Crippen LogP) is 11.1. The van der Waals surface area contributed by atoms with Crippen molar-refractivity contribution in [2.45, 2.75) is 78.7 Å². The molecule has 16 heteroatoms. The number of carbonyl (C=O) groups excluding carboxylic acids is 4. The Bertz CT molecular complexity index is 2350. The molecule has 3 aromatic carbocycles. The van der Waals surface area contributed by atoms with Gasteiger partial charge in [0, 0.05) is 18.5 Å². The van der Waals surface area contributed by atoms with Crippen molar-refractivity contribution in [1.29, 1.82) is 0 Å². The van der Waals surface area contributed by atoms with Gasteiger partial charge in [-0.05, 0) is 115 Å². The number of ether oxygens (including phenoxy) is 3. The molecule has 60 heavy (non-hydrogen) atoms. The van der Waals surface area contributed by atoms with E-state index in [1.807, 2.05) is 27.7 Å². The van der Waals surface area contributed by atoms with E-state index in [1.165, 1.54) is 24.5 Å². The number of benzene rings is 3. The SMILES string of the molecule is C[C@H](NC(=O)c1cc(Cl)cnc1Cl)c1ccc(C(=O)OC(C)(C)C)cc1.C[C@H](NC(=O)c1cc(Cl)cnc1Oc1ccc(F)cc1F)c1ccc(C(=O)OC(C)(C)C)cc1. The fourth-order valence-corrected chi connectivity index (χ4v) is 5.62. The van der Waals surface area contributed by atoms with Crippen molar-refractivity contribution >= 4 is 58.6 Å². The van der Waals surface area contributed by atoms with Crippen LogP contribution in [-0.2, 0) is 9.47 Å². The summed E-state index contributed by atoms with van der Waals surface area (Å²) < 4.78 is 43.3. The number of aromatic nitrogens is 2. The normalized spacial score (nSPS) is 12.2. The van der Waals surface area contributed by atoms with Crippen LogP contribution in [0.2, 0.25) is 15.2 Å². The molecule has 0 aliphatic rings. The number of esters is 2. The van der Waals surface area contributed by atoms with Crippen LogP contribution in [0.3, 0.4) is 0 Å². The summed E-state index contributed by atoms with van der Waals surface area (Å²) in [6.45, 7) is 14.4. The number of carbonyl (C=O) groups is 4. The molecule has 2 aromatic heterocycles. The molecule has 0 aliphatic carbocycles. The van der Waals surface area contributed by atoms with E-state index in [-0.39, 0.29) is 44.9 Å². The van der Waals surface area contributed by atoms with Gasteiger partial charge in [-0.25, -0.2) is 28.3 Å². The topological polar surface area (TPSA) is 146 Å². The van der Waals surface area contributed by atoms with Crippen molar-refractivity contribution in [3.05, 3.63) is 151 Å². The number of pyridine rings is 2. The minimum atomic E-state index is -0.943. The van der Waals surface area contributed by atoms with Crippen molar-refractivity contribution in [2.75, 3.05) is 0 Å². The van der Waals surface area contributed by atoms with Gasteiger partial charge in [0.2, 0.25) is 5.88 Å².